The first-order chi connectivity index (χ1) is 15.3. The van der Waals surface area contributed by atoms with Gasteiger partial charge in [-0.15, -0.1) is 0 Å². The molecular weight excluding hydrogens is 392 g/mol. The highest BCUT2D eigenvalue weighted by atomic mass is 16.5. The average molecular weight is 421 g/mol. The topological polar surface area (TPSA) is 70.0 Å². The fourth-order valence-corrected chi connectivity index (χ4v) is 4.28. The van der Waals surface area contributed by atoms with Gasteiger partial charge in [-0.2, -0.15) is 5.26 Å². The van der Waals surface area contributed by atoms with Crippen molar-refractivity contribution in [2.75, 3.05) is 62.8 Å². The molecule has 0 amide bonds. The number of nitrogens with one attached hydrogen (secondary N) is 1. The number of ether oxygens (including phenoxy) is 3. The Hall–Kier alpha value is -2.79. The lowest BCUT2D eigenvalue weighted by atomic mass is 10.1. The van der Waals surface area contributed by atoms with Crippen LogP contribution in [0.15, 0.2) is 42.5 Å². The fraction of sp³-hybridized carbons (Fsp3) is 0.458. The van der Waals surface area contributed by atoms with Crippen molar-refractivity contribution in [2.45, 2.75) is 18.6 Å². The Balaban J connectivity index is 1.21. The fourth-order valence-electron chi connectivity index (χ4n) is 4.28. The maximum Gasteiger partial charge on any atom is 0.139 e. The van der Waals surface area contributed by atoms with Crippen LogP contribution < -0.4 is 15.0 Å². The van der Waals surface area contributed by atoms with E-state index in [0.717, 1.165) is 57.2 Å². The zero-order valence-corrected chi connectivity index (χ0v) is 17.6. The van der Waals surface area contributed by atoms with E-state index < -0.39 is 0 Å². The summed E-state index contributed by atoms with van der Waals surface area (Å²) in [5.74, 6) is 0.606. The van der Waals surface area contributed by atoms with Gasteiger partial charge in [0.05, 0.1) is 38.0 Å². The smallest absolute Gasteiger partial charge is 0.139 e. The lowest BCUT2D eigenvalue weighted by Gasteiger charge is -2.43. The molecule has 3 heterocycles. The molecule has 0 spiro atoms. The van der Waals surface area contributed by atoms with Gasteiger partial charge in [-0.05, 0) is 36.4 Å². The van der Waals surface area contributed by atoms with Crippen LogP contribution >= 0.6 is 0 Å². The Morgan fingerprint density at radius 3 is 2.35 bits per heavy atom. The van der Waals surface area contributed by atoms with Gasteiger partial charge < -0.3 is 24.4 Å². The molecule has 0 bridgehead atoms. The van der Waals surface area contributed by atoms with Crippen molar-refractivity contribution in [3.05, 3.63) is 48.0 Å². The average Bonchev–Trinajstić information content (AvgIpc) is 3.27. The maximum absolute atomic E-state index is 9.40. The molecule has 0 aliphatic carbocycles. The molecule has 0 saturated carbocycles. The summed E-state index contributed by atoms with van der Waals surface area (Å²) in [6.07, 6.45) is 0.867. The third kappa shape index (κ3) is 4.62. The molecule has 1 unspecified atom stereocenters. The van der Waals surface area contributed by atoms with Crippen molar-refractivity contribution in [1.82, 2.24) is 4.90 Å². The minimum atomic E-state index is 0.0129. The number of hydrogen-bond donors (Lipinski definition) is 1. The van der Waals surface area contributed by atoms with Crippen LogP contribution in [-0.4, -0.2) is 69.7 Å². The minimum Gasteiger partial charge on any atom is -0.486 e. The number of nitrogens with zero attached hydrogens (tertiary/aromatic N) is 3. The number of nitriles is 1. The summed E-state index contributed by atoms with van der Waals surface area (Å²) < 4.78 is 16.7. The van der Waals surface area contributed by atoms with Gasteiger partial charge >= 0.3 is 0 Å². The van der Waals surface area contributed by atoms with Crippen molar-refractivity contribution in [2.24, 2.45) is 0 Å². The van der Waals surface area contributed by atoms with Crippen molar-refractivity contribution >= 4 is 17.1 Å². The van der Waals surface area contributed by atoms with Crippen LogP contribution in [0.5, 0.6) is 5.75 Å². The standard InChI is InChI=1S/C24H28N4O3/c25-14-18-1-2-20(13-24(18)31-23-7-12-29-17-23)26-19-3-5-21(6-4-19)27-8-10-28(11-9-27)22-15-30-16-22/h1-6,13,22-23,26H,7-12,15-17H2. The Labute approximate surface area is 183 Å². The number of piperazine rings is 1. The van der Waals surface area contributed by atoms with Crippen molar-refractivity contribution in [3.8, 4) is 11.8 Å². The molecule has 3 aliphatic heterocycles. The second kappa shape index (κ2) is 9.15. The third-order valence-corrected chi connectivity index (χ3v) is 6.26. The maximum atomic E-state index is 9.40. The third-order valence-electron chi connectivity index (χ3n) is 6.26. The first-order valence-corrected chi connectivity index (χ1v) is 11.0. The Morgan fingerprint density at radius 1 is 0.935 bits per heavy atom. The molecule has 0 aromatic heterocycles. The van der Waals surface area contributed by atoms with Gasteiger partial charge in [0.15, 0.2) is 0 Å². The Bertz CT molecular complexity index is 925. The van der Waals surface area contributed by atoms with Gasteiger partial charge in [-0.25, -0.2) is 0 Å². The van der Waals surface area contributed by atoms with Crippen molar-refractivity contribution < 1.29 is 14.2 Å². The number of rotatable bonds is 6. The summed E-state index contributed by atoms with van der Waals surface area (Å²) in [6.45, 7) is 7.33. The van der Waals surface area contributed by atoms with E-state index in [-0.39, 0.29) is 6.10 Å². The van der Waals surface area contributed by atoms with Gasteiger partial charge in [0.1, 0.15) is 17.9 Å². The predicted molar refractivity (Wildman–Crippen MR) is 119 cm³/mol. The highest BCUT2D eigenvalue weighted by Crippen LogP contribution is 2.28. The summed E-state index contributed by atoms with van der Waals surface area (Å²) in [7, 11) is 0. The van der Waals surface area contributed by atoms with Crippen molar-refractivity contribution in [3.63, 3.8) is 0 Å². The number of anilines is 3. The lowest BCUT2D eigenvalue weighted by Crippen LogP contribution is -2.56. The zero-order valence-electron chi connectivity index (χ0n) is 17.6. The first kappa shape index (κ1) is 20.1. The molecule has 7 heteroatoms. The normalized spacial score (nSPS) is 22.0. The van der Waals surface area contributed by atoms with Gasteiger partial charge in [0.25, 0.3) is 0 Å². The molecular formula is C24H28N4O3. The molecule has 3 aliphatic rings. The van der Waals surface area contributed by atoms with E-state index in [9.17, 15) is 5.26 Å². The van der Waals surface area contributed by atoms with Crippen LogP contribution in [0.2, 0.25) is 0 Å². The molecule has 3 saturated heterocycles. The molecule has 2 aromatic rings. The van der Waals surface area contributed by atoms with Gasteiger partial charge in [-0.1, -0.05) is 0 Å². The summed E-state index contributed by atoms with van der Waals surface area (Å²) in [6, 6.07) is 17.0. The van der Waals surface area contributed by atoms with E-state index in [1.54, 1.807) is 6.07 Å². The summed E-state index contributed by atoms with van der Waals surface area (Å²) in [5, 5.41) is 12.8. The second-order valence-corrected chi connectivity index (χ2v) is 8.31. The molecule has 2 aromatic carbocycles. The second-order valence-electron chi connectivity index (χ2n) is 8.31. The molecule has 1 atom stereocenters. The van der Waals surface area contributed by atoms with E-state index in [2.05, 4.69) is 45.5 Å². The first-order valence-electron chi connectivity index (χ1n) is 11.0. The van der Waals surface area contributed by atoms with E-state index >= 15 is 0 Å². The number of benzene rings is 2. The van der Waals surface area contributed by atoms with Crippen LogP contribution in [0.4, 0.5) is 17.1 Å². The van der Waals surface area contributed by atoms with E-state index in [1.807, 2.05) is 12.1 Å². The molecule has 1 N–H and O–H groups in total. The molecule has 31 heavy (non-hydrogen) atoms. The van der Waals surface area contributed by atoms with Gasteiger partial charge in [-0.3, -0.25) is 4.90 Å². The van der Waals surface area contributed by atoms with Crippen LogP contribution in [0.3, 0.4) is 0 Å². The van der Waals surface area contributed by atoms with Crippen LogP contribution in [0.25, 0.3) is 0 Å². The van der Waals surface area contributed by atoms with Gasteiger partial charge in [0.2, 0.25) is 0 Å². The molecule has 7 nitrogen and oxygen atoms in total. The summed E-state index contributed by atoms with van der Waals surface area (Å²) in [5.41, 5.74) is 3.70. The van der Waals surface area contributed by atoms with Crippen LogP contribution in [0, 0.1) is 11.3 Å². The number of hydrogen-bond acceptors (Lipinski definition) is 7. The Morgan fingerprint density at radius 2 is 1.71 bits per heavy atom. The van der Waals surface area contributed by atoms with E-state index in [4.69, 9.17) is 14.2 Å². The monoisotopic (exact) mass is 420 g/mol. The quantitative estimate of drug-likeness (QED) is 0.770. The Kier molecular flexibility index (Phi) is 5.94. The molecule has 3 fully saturated rings. The molecule has 162 valence electrons. The van der Waals surface area contributed by atoms with Crippen molar-refractivity contribution in [1.29, 1.82) is 5.26 Å². The SMILES string of the molecule is N#Cc1ccc(Nc2ccc(N3CCN(C4COC4)CC3)cc2)cc1OC1CCOC1. The van der Waals surface area contributed by atoms with E-state index in [1.165, 1.54) is 5.69 Å². The van der Waals surface area contributed by atoms with Gasteiger partial charge in [0, 0.05) is 55.7 Å². The largest absolute Gasteiger partial charge is 0.486 e. The minimum absolute atomic E-state index is 0.0129. The van der Waals surface area contributed by atoms with E-state index in [0.29, 0.717) is 30.6 Å². The highest BCUT2D eigenvalue weighted by molar-refractivity contribution is 5.65. The highest BCUT2D eigenvalue weighted by Gasteiger charge is 2.28. The van der Waals surface area contributed by atoms with Crippen LogP contribution in [-0.2, 0) is 9.47 Å². The lowest BCUT2D eigenvalue weighted by molar-refractivity contribution is -0.0660. The van der Waals surface area contributed by atoms with Crippen LogP contribution in [0.1, 0.15) is 12.0 Å². The molecule has 5 rings (SSSR count). The summed E-state index contributed by atoms with van der Waals surface area (Å²) >= 11 is 0. The molecule has 0 radical (unpaired) electrons. The zero-order chi connectivity index (χ0) is 21.0. The summed E-state index contributed by atoms with van der Waals surface area (Å²) in [4.78, 5) is 4.98. The predicted octanol–water partition coefficient (Wildman–Crippen LogP) is 2.99.